The minimum atomic E-state index is 0.114. The van der Waals surface area contributed by atoms with Gasteiger partial charge in [0.1, 0.15) is 0 Å². The first-order valence-electron chi connectivity index (χ1n) is 8.83. The summed E-state index contributed by atoms with van der Waals surface area (Å²) in [6, 6.07) is 8.13. The number of nitrogens with zero attached hydrogens (tertiary/aromatic N) is 6. The molecule has 2 aromatic rings. The number of aromatic nitrogens is 4. The van der Waals surface area contributed by atoms with Gasteiger partial charge in [0.15, 0.2) is 5.82 Å². The van der Waals surface area contributed by atoms with Gasteiger partial charge in [-0.25, -0.2) is 4.68 Å². The first-order valence-corrected chi connectivity index (χ1v) is 8.83. The third-order valence-electron chi connectivity index (χ3n) is 5.00. The topological polar surface area (TPSA) is 67.2 Å². The van der Waals surface area contributed by atoms with Crippen LogP contribution in [0.1, 0.15) is 54.5 Å². The summed E-state index contributed by atoms with van der Waals surface area (Å²) in [5.74, 6) is 1.44. The number of carbonyl (C=O) groups excluding carboxylic acids is 1. The number of benzene rings is 1. The lowest BCUT2D eigenvalue weighted by atomic mass is 10.0. The van der Waals surface area contributed by atoms with Gasteiger partial charge < -0.3 is 4.90 Å². The first-order chi connectivity index (χ1) is 12.0. The Balaban J connectivity index is 1.60. The van der Waals surface area contributed by atoms with Crippen LogP contribution in [0.3, 0.4) is 0 Å². The monoisotopic (exact) mass is 342 g/mol. The maximum Gasteiger partial charge on any atom is 0.253 e. The summed E-state index contributed by atoms with van der Waals surface area (Å²) in [4.78, 5) is 17.0. The van der Waals surface area contributed by atoms with Crippen molar-refractivity contribution in [3.8, 4) is 0 Å². The number of carbonyl (C=O) groups is 1. The van der Waals surface area contributed by atoms with E-state index in [1.807, 2.05) is 24.1 Å². The minimum Gasteiger partial charge on any atom is -0.336 e. The molecule has 25 heavy (non-hydrogen) atoms. The average molecular weight is 342 g/mol. The molecule has 134 valence electrons. The van der Waals surface area contributed by atoms with E-state index in [1.165, 1.54) is 5.56 Å². The highest BCUT2D eigenvalue weighted by molar-refractivity contribution is 5.94. The molecular weight excluding hydrogens is 316 g/mol. The van der Waals surface area contributed by atoms with Crippen molar-refractivity contribution in [2.24, 2.45) is 7.05 Å². The zero-order valence-electron chi connectivity index (χ0n) is 15.4. The number of amides is 1. The van der Waals surface area contributed by atoms with Crippen LogP contribution in [0.2, 0.25) is 0 Å². The summed E-state index contributed by atoms with van der Waals surface area (Å²) >= 11 is 0. The molecule has 1 aromatic carbocycles. The Morgan fingerprint density at radius 3 is 2.20 bits per heavy atom. The van der Waals surface area contributed by atoms with Crippen LogP contribution in [-0.2, 0) is 7.05 Å². The van der Waals surface area contributed by atoms with Gasteiger partial charge in [0.05, 0.1) is 6.04 Å². The van der Waals surface area contributed by atoms with Gasteiger partial charge in [-0.3, -0.25) is 9.69 Å². The van der Waals surface area contributed by atoms with Crippen LogP contribution in [-0.4, -0.2) is 62.1 Å². The molecule has 0 saturated carbocycles. The highest BCUT2D eigenvalue weighted by Gasteiger charge is 2.27. The summed E-state index contributed by atoms with van der Waals surface area (Å²) in [6.07, 6.45) is 0. The summed E-state index contributed by atoms with van der Waals surface area (Å²) < 4.78 is 1.71. The summed E-state index contributed by atoms with van der Waals surface area (Å²) in [5.41, 5.74) is 2.02. The fraction of sp³-hybridized carbons (Fsp3) is 0.556. The van der Waals surface area contributed by atoms with Gasteiger partial charge >= 0.3 is 0 Å². The second kappa shape index (κ2) is 7.31. The SMILES string of the molecule is CC(C)c1ccc(C(=O)N2CCN([C@H](C)c3nnnn3C)CC2)cc1. The largest absolute Gasteiger partial charge is 0.336 e. The van der Waals surface area contributed by atoms with Gasteiger partial charge in [-0.1, -0.05) is 26.0 Å². The molecule has 0 N–H and O–H groups in total. The Morgan fingerprint density at radius 2 is 1.68 bits per heavy atom. The lowest BCUT2D eigenvalue weighted by Crippen LogP contribution is -2.49. The maximum atomic E-state index is 12.7. The van der Waals surface area contributed by atoms with Gasteiger partial charge in [-0.05, 0) is 41.0 Å². The zero-order valence-corrected chi connectivity index (χ0v) is 15.4. The molecule has 0 bridgehead atoms. The van der Waals surface area contributed by atoms with Crippen molar-refractivity contribution in [1.82, 2.24) is 30.0 Å². The Hall–Kier alpha value is -2.28. The van der Waals surface area contributed by atoms with E-state index in [2.05, 4.69) is 53.3 Å². The summed E-state index contributed by atoms with van der Waals surface area (Å²) in [6.45, 7) is 9.51. The number of rotatable bonds is 4. The normalized spacial score (nSPS) is 17.1. The van der Waals surface area contributed by atoms with Gasteiger partial charge in [0.2, 0.25) is 0 Å². The molecular formula is C18H26N6O. The van der Waals surface area contributed by atoms with Crippen molar-refractivity contribution in [3.63, 3.8) is 0 Å². The summed E-state index contributed by atoms with van der Waals surface area (Å²) in [7, 11) is 1.85. The van der Waals surface area contributed by atoms with E-state index in [9.17, 15) is 4.79 Å². The predicted octanol–water partition coefficient (Wildman–Crippen LogP) is 1.85. The van der Waals surface area contributed by atoms with Crippen LogP contribution in [0.25, 0.3) is 0 Å². The molecule has 1 atom stereocenters. The fourth-order valence-electron chi connectivity index (χ4n) is 3.26. The first kappa shape index (κ1) is 17.5. The maximum absolute atomic E-state index is 12.7. The second-order valence-corrected chi connectivity index (χ2v) is 6.94. The quantitative estimate of drug-likeness (QED) is 0.848. The lowest BCUT2D eigenvalue weighted by Gasteiger charge is -2.37. The molecule has 0 unspecified atom stereocenters. The van der Waals surface area contributed by atoms with E-state index >= 15 is 0 Å². The van der Waals surface area contributed by atoms with Crippen molar-refractivity contribution in [2.45, 2.75) is 32.7 Å². The molecule has 1 fully saturated rings. The molecule has 0 aliphatic carbocycles. The Bertz CT molecular complexity index is 715. The van der Waals surface area contributed by atoms with Crippen LogP contribution in [0.4, 0.5) is 0 Å². The van der Waals surface area contributed by atoms with Gasteiger partial charge in [-0.2, -0.15) is 0 Å². The molecule has 1 aromatic heterocycles. The van der Waals surface area contributed by atoms with Gasteiger partial charge in [0.25, 0.3) is 5.91 Å². The third kappa shape index (κ3) is 3.71. The van der Waals surface area contributed by atoms with Crippen molar-refractivity contribution >= 4 is 5.91 Å². The second-order valence-electron chi connectivity index (χ2n) is 6.94. The molecule has 2 heterocycles. The van der Waals surface area contributed by atoms with E-state index in [0.717, 1.165) is 37.6 Å². The average Bonchev–Trinajstić information content (AvgIpc) is 3.06. The Morgan fingerprint density at radius 1 is 1.04 bits per heavy atom. The van der Waals surface area contributed by atoms with E-state index in [4.69, 9.17) is 0 Å². The summed E-state index contributed by atoms with van der Waals surface area (Å²) in [5, 5.41) is 11.7. The van der Waals surface area contributed by atoms with Crippen molar-refractivity contribution in [1.29, 1.82) is 0 Å². The number of aryl methyl sites for hydroxylation is 1. The number of tetrazole rings is 1. The van der Waals surface area contributed by atoms with Crippen molar-refractivity contribution < 1.29 is 4.79 Å². The molecule has 0 spiro atoms. The third-order valence-corrected chi connectivity index (χ3v) is 5.00. The highest BCUT2D eigenvalue weighted by Crippen LogP contribution is 2.20. The molecule has 3 rings (SSSR count). The molecule has 0 radical (unpaired) electrons. The van der Waals surface area contributed by atoms with Crippen LogP contribution < -0.4 is 0 Å². The van der Waals surface area contributed by atoms with E-state index in [-0.39, 0.29) is 11.9 Å². The standard InChI is InChI=1S/C18H26N6O/c1-13(2)15-5-7-16(8-6-15)18(25)24-11-9-23(10-12-24)14(3)17-19-20-21-22(17)4/h5-8,13-14H,9-12H2,1-4H3/t14-/m1/s1. The van der Waals surface area contributed by atoms with E-state index < -0.39 is 0 Å². The van der Waals surface area contributed by atoms with Crippen LogP contribution in [0, 0.1) is 0 Å². The van der Waals surface area contributed by atoms with Gasteiger partial charge in [-0.15, -0.1) is 5.10 Å². The number of hydrogen-bond donors (Lipinski definition) is 0. The highest BCUT2D eigenvalue weighted by atomic mass is 16.2. The Kier molecular flexibility index (Phi) is 5.13. The molecule has 7 nitrogen and oxygen atoms in total. The fourth-order valence-corrected chi connectivity index (χ4v) is 3.26. The molecule has 1 saturated heterocycles. The van der Waals surface area contributed by atoms with Crippen LogP contribution in [0.15, 0.2) is 24.3 Å². The minimum absolute atomic E-state index is 0.114. The number of piperazine rings is 1. The molecule has 1 aliphatic heterocycles. The Labute approximate surface area is 148 Å². The van der Waals surface area contributed by atoms with Gasteiger partial charge in [0, 0.05) is 38.8 Å². The van der Waals surface area contributed by atoms with Crippen molar-refractivity contribution in [2.75, 3.05) is 26.2 Å². The predicted molar refractivity (Wildman–Crippen MR) is 95.2 cm³/mol. The molecule has 1 aliphatic rings. The molecule has 7 heteroatoms. The van der Waals surface area contributed by atoms with E-state index in [0.29, 0.717) is 5.92 Å². The smallest absolute Gasteiger partial charge is 0.253 e. The molecule has 1 amide bonds. The van der Waals surface area contributed by atoms with E-state index in [1.54, 1.807) is 4.68 Å². The van der Waals surface area contributed by atoms with Crippen LogP contribution >= 0.6 is 0 Å². The van der Waals surface area contributed by atoms with Crippen molar-refractivity contribution in [3.05, 3.63) is 41.2 Å². The zero-order chi connectivity index (χ0) is 18.0. The lowest BCUT2D eigenvalue weighted by molar-refractivity contribution is 0.0572. The van der Waals surface area contributed by atoms with Crippen LogP contribution in [0.5, 0.6) is 0 Å². The number of hydrogen-bond acceptors (Lipinski definition) is 5.